The van der Waals surface area contributed by atoms with Gasteiger partial charge in [0.05, 0.1) is 0 Å². The van der Waals surface area contributed by atoms with Crippen molar-refractivity contribution in [3.63, 3.8) is 0 Å². The van der Waals surface area contributed by atoms with E-state index in [0.29, 0.717) is 18.0 Å². The van der Waals surface area contributed by atoms with Gasteiger partial charge in [-0.25, -0.2) is 8.78 Å². The maximum atomic E-state index is 13.8. The number of allylic oxidation sites excluding steroid dienone is 2. The van der Waals surface area contributed by atoms with E-state index in [4.69, 9.17) is 16.1 Å². The molecule has 2 aromatic carbocycles. The second kappa shape index (κ2) is 10.2. The zero-order chi connectivity index (χ0) is 22.4. The van der Waals surface area contributed by atoms with Crippen LogP contribution in [0.2, 0.25) is 5.02 Å². The summed E-state index contributed by atoms with van der Waals surface area (Å²) < 4.78 is 32.2. The molecule has 0 spiro atoms. The number of carbonyl (C=O) groups excluding carboxylic acids is 1. The first-order valence-electron chi connectivity index (χ1n) is 9.63. The van der Waals surface area contributed by atoms with Crippen LogP contribution >= 0.6 is 11.6 Å². The summed E-state index contributed by atoms with van der Waals surface area (Å²) >= 11 is 6.12. The molecule has 3 aromatic rings. The molecule has 0 aliphatic rings. The van der Waals surface area contributed by atoms with E-state index in [-0.39, 0.29) is 23.4 Å². The number of hydrogen-bond donors (Lipinski definition) is 1. The normalized spacial score (nSPS) is 11.4. The second-order valence-electron chi connectivity index (χ2n) is 6.98. The molecule has 0 saturated heterocycles. The van der Waals surface area contributed by atoms with Crippen molar-refractivity contribution in [2.45, 2.75) is 19.8 Å². The molecule has 1 N–H and O–H groups in total. The lowest BCUT2D eigenvalue weighted by Crippen LogP contribution is -2.25. The second-order valence-corrected chi connectivity index (χ2v) is 7.42. The molecule has 0 unspecified atom stereocenters. The predicted molar refractivity (Wildman–Crippen MR) is 117 cm³/mol. The van der Waals surface area contributed by atoms with E-state index in [9.17, 15) is 13.6 Å². The topological polar surface area (TPSA) is 55.1 Å². The summed E-state index contributed by atoms with van der Waals surface area (Å²) in [5.74, 6) is -1.26. The van der Waals surface area contributed by atoms with Crippen molar-refractivity contribution in [3.8, 4) is 0 Å². The lowest BCUT2D eigenvalue weighted by atomic mass is 9.97. The van der Waals surface area contributed by atoms with E-state index in [0.717, 1.165) is 34.9 Å². The van der Waals surface area contributed by atoms with Crippen molar-refractivity contribution in [1.82, 2.24) is 10.5 Å². The number of nitrogens with zero attached hydrogens (tertiary/aromatic N) is 1. The molecule has 3 rings (SSSR count). The highest BCUT2D eigenvalue weighted by atomic mass is 35.5. The smallest absolute Gasteiger partial charge is 0.273 e. The van der Waals surface area contributed by atoms with Gasteiger partial charge < -0.3 is 9.84 Å². The van der Waals surface area contributed by atoms with Gasteiger partial charge in [0, 0.05) is 24.1 Å². The summed E-state index contributed by atoms with van der Waals surface area (Å²) in [4.78, 5) is 12.4. The van der Waals surface area contributed by atoms with Crippen LogP contribution in [0.4, 0.5) is 8.78 Å². The third-order valence-corrected chi connectivity index (χ3v) is 4.94. The molecule has 1 heterocycles. The Morgan fingerprint density at radius 1 is 1.23 bits per heavy atom. The Hall–Kier alpha value is -3.25. The standard InChI is InChI=1S/C24H21ClF2N2O2/c1-3-4-16(21-13-18(25)6-5-15(21)2)9-10-28-24(30)23-14-20(31-29-23)12-17-11-19(26)7-8-22(17)27/h3-8,11,13-14H,1,9-10,12H2,2H3,(H,28,30)/b16-4-. The van der Waals surface area contributed by atoms with E-state index < -0.39 is 17.5 Å². The molecule has 0 aliphatic heterocycles. The van der Waals surface area contributed by atoms with Crippen molar-refractivity contribution in [2.75, 3.05) is 6.54 Å². The number of rotatable bonds is 8. The van der Waals surface area contributed by atoms with Crippen molar-refractivity contribution in [3.05, 3.63) is 106 Å². The van der Waals surface area contributed by atoms with Gasteiger partial charge in [0.1, 0.15) is 17.4 Å². The van der Waals surface area contributed by atoms with Crippen molar-refractivity contribution >= 4 is 23.1 Å². The Bertz CT molecular complexity index is 1140. The van der Waals surface area contributed by atoms with Crippen molar-refractivity contribution in [1.29, 1.82) is 0 Å². The van der Waals surface area contributed by atoms with Gasteiger partial charge in [-0.1, -0.05) is 41.6 Å². The average molecular weight is 443 g/mol. The Labute approximate surface area is 184 Å². The molecule has 31 heavy (non-hydrogen) atoms. The first-order chi connectivity index (χ1) is 14.9. The molecule has 4 nitrogen and oxygen atoms in total. The summed E-state index contributed by atoms with van der Waals surface area (Å²) in [6, 6.07) is 10.2. The minimum atomic E-state index is -0.554. The van der Waals surface area contributed by atoms with Gasteiger partial charge in [-0.3, -0.25) is 4.79 Å². The summed E-state index contributed by atoms with van der Waals surface area (Å²) in [5.41, 5.74) is 3.23. The third kappa shape index (κ3) is 5.89. The van der Waals surface area contributed by atoms with E-state index in [1.807, 2.05) is 31.2 Å². The van der Waals surface area contributed by atoms with Crippen LogP contribution in [0.25, 0.3) is 5.57 Å². The van der Waals surface area contributed by atoms with Gasteiger partial charge in [0.25, 0.3) is 5.91 Å². The number of aromatic nitrogens is 1. The van der Waals surface area contributed by atoms with Gasteiger partial charge in [-0.2, -0.15) is 0 Å². The molecule has 1 aromatic heterocycles. The number of amides is 1. The lowest BCUT2D eigenvalue weighted by molar-refractivity contribution is 0.0945. The quantitative estimate of drug-likeness (QED) is 0.442. The van der Waals surface area contributed by atoms with Gasteiger partial charge >= 0.3 is 0 Å². The highest BCUT2D eigenvalue weighted by molar-refractivity contribution is 6.30. The van der Waals surface area contributed by atoms with Crippen LogP contribution in [0.1, 0.15) is 39.4 Å². The Morgan fingerprint density at radius 2 is 2.03 bits per heavy atom. The highest BCUT2D eigenvalue weighted by Crippen LogP contribution is 2.25. The van der Waals surface area contributed by atoms with Crippen LogP contribution in [0, 0.1) is 18.6 Å². The van der Waals surface area contributed by atoms with E-state index >= 15 is 0 Å². The number of carbonyl (C=O) groups is 1. The van der Waals surface area contributed by atoms with Gasteiger partial charge in [0.15, 0.2) is 5.69 Å². The molecular weight excluding hydrogens is 422 g/mol. The Morgan fingerprint density at radius 3 is 2.81 bits per heavy atom. The van der Waals surface area contributed by atoms with Crippen LogP contribution in [-0.4, -0.2) is 17.6 Å². The zero-order valence-electron chi connectivity index (χ0n) is 16.9. The maximum absolute atomic E-state index is 13.8. The fourth-order valence-corrected chi connectivity index (χ4v) is 3.33. The van der Waals surface area contributed by atoms with Gasteiger partial charge in [-0.05, 0) is 65.9 Å². The molecular formula is C24H21ClF2N2O2. The Balaban J connectivity index is 1.62. The van der Waals surface area contributed by atoms with Crippen LogP contribution in [-0.2, 0) is 6.42 Å². The molecule has 0 bridgehead atoms. The van der Waals surface area contributed by atoms with Gasteiger partial charge in [0.2, 0.25) is 0 Å². The van der Waals surface area contributed by atoms with Crippen LogP contribution < -0.4 is 5.32 Å². The molecule has 7 heteroatoms. The minimum Gasteiger partial charge on any atom is -0.360 e. The Kier molecular flexibility index (Phi) is 7.36. The van der Waals surface area contributed by atoms with E-state index in [1.54, 1.807) is 6.08 Å². The first kappa shape index (κ1) is 22.4. The maximum Gasteiger partial charge on any atom is 0.273 e. The molecule has 1 amide bonds. The molecule has 0 atom stereocenters. The van der Waals surface area contributed by atoms with Crippen molar-refractivity contribution < 1.29 is 18.1 Å². The molecule has 0 fully saturated rings. The molecule has 0 radical (unpaired) electrons. The number of halogens is 3. The number of benzene rings is 2. The number of aryl methyl sites for hydroxylation is 1. The van der Waals surface area contributed by atoms with Crippen LogP contribution in [0.15, 0.2) is 65.7 Å². The van der Waals surface area contributed by atoms with E-state index in [2.05, 4.69) is 17.1 Å². The summed E-state index contributed by atoms with van der Waals surface area (Å²) in [6.45, 7) is 6.09. The molecule has 160 valence electrons. The first-order valence-corrected chi connectivity index (χ1v) is 10.0. The van der Waals surface area contributed by atoms with Crippen LogP contribution in [0.3, 0.4) is 0 Å². The summed E-state index contributed by atoms with van der Waals surface area (Å²) in [6.07, 6.45) is 4.11. The zero-order valence-corrected chi connectivity index (χ0v) is 17.7. The molecule has 0 aliphatic carbocycles. The summed E-state index contributed by atoms with van der Waals surface area (Å²) in [7, 11) is 0. The third-order valence-electron chi connectivity index (χ3n) is 4.71. The molecule has 0 saturated carbocycles. The largest absolute Gasteiger partial charge is 0.360 e. The SMILES string of the molecule is C=C/C=C(/CCNC(=O)c1cc(Cc2cc(F)ccc2F)on1)c1cc(Cl)ccc1C. The number of hydrogen-bond acceptors (Lipinski definition) is 3. The van der Waals surface area contributed by atoms with Gasteiger partial charge in [-0.15, -0.1) is 0 Å². The van der Waals surface area contributed by atoms with Crippen LogP contribution in [0.5, 0.6) is 0 Å². The van der Waals surface area contributed by atoms with E-state index in [1.165, 1.54) is 6.07 Å². The average Bonchev–Trinajstić information content (AvgIpc) is 3.20. The van der Waals surface area contributed by atoms with Crippen molar-refractivity contribution in [2.24, 2.45) is 0 Å². The lowest BCUT2D eigenvalue weighted by Gasteiger charge is -2.11. The minimum absolute atomic E-state index is 0.00978. The highest BCUT2D eigenvalue weighted by Gasteiger charge is 2.15. The monoisotopic (exact) mass is 442 g/mol. The predicted octanol–water partition coefficient (Wildman–Crippen LogP) is 5.89. The summed E-state index contributed by atoms with van der Waals surface area (Å²) in [5, 5.41) is 7.15. The number of nitrogens with one attached hydrogen (secondary N) is 1. The fourth-order valence-electron chi connectivity index (χ4n) is 3.16. The fraction of sp³-hybridized carbons (Fsp3) is 0.167.